The summed E-state index contributed by atoms with van der Waals surface area (Å²) in [5.74, 6) is 1.37. The quantitative estimate of drug-likeness (QED) is 0.544. The van der Waals surface area contributed by atoms with Gasteiger partial charge in [0.1, 0.15) is 0 Å². The van der Waals surface area contributed by atoms with Crippen molar-refractivity contribution in [2.45, 2.75) is 95.8 Å². The molecule has 2 aromatic rings. The van der Waals surface area contributed by atoms with E-state index in [1.807, 2.05) is 0 Å². The van der Waals surface area contributed by atoms with Gasteiger partial charge in [0.05, 0.1) is 5.75 Å². The lowest BCUT2D eigenvalue weighted by atomic mass is 9.86. The number of hydrogen-bond donors (Lipinski definition) is 1. The smallest absolute Gasteiger partial charge is 0.230 e. The van der Waals surface area contributed by atoms with E-state index in [2.05, 4.69) is 79.0 Å². The van der Waals surface area contributed by atoms with Crippen molar-refractivity contribution in [3.63, 3.8) is 0 Å². The van der Waals surface area contributed by atoms with E-state index in [1.54, 1.807) is 0 Å². The summed E-state index contributed by atoms with van der Waals surface area (Å²) in [7, 11) is 0. The number of amides is 1. The third-order valence-corrected chi connectivity index (χ3v) is 6.77. The van der Waals surface area contributed by atoms with Gasteiger partial charge in [0.25, 0.3) is 0 Å². The predicted octanol–water partition coefficient (Wildman–Crippen LogP) is 5.75. The van der Waals surface area contributed by atoms with Crippen LogP contribution < -0.4 is 5.32 Å². The van der Waals surface area contributed by atoms with Crippen LogP contribution in [0.4, 0.5) is 0 Å². The highest BCUT2D eigenvalue weighted by Crippen LogP contribution is 2.37. The number of aromatic nitrogens is 3. The third kappa shape index (κ3) is 5.65. The minimum atomic E-state index is 0.0676. The fourth-order valence-corrected chi connectivity index (χ4v) is 4.95. The van der Waals surface area contributed by atoms with Gasteiger partial charge in [-0.05, 0) is 37.2 Å². The molecule has 1 fully saturated rings. The predicted molar refractivity (Wildman–Crippen MR) is 125 cm³/mol. The van der Waals surface area contributed by atoms with Crippen LogP contribution in [-0.4, -0.2) is 32.5 Å². The fourth-order valence-electron chi connectivity index (χ4n) is 4.13. The molecule has 1 aromatic heterocycles. The van der Waals surface area contributed by atoms with Gasteiger partial charge in [0, 0.05) is 17.6 Å². The van der Waals surface area contributed by atoms with Gasteiger partial charge in [-0.1, -0.05) is 83.0 Å². The molecule has 1 aromatic carbocycles. The van der Waals surface area contributed by atoms with E-state index in [0.717, 1.165) is 42.2 Å². The molecule has 30 heavy (non-hydrogen) atoms. The van der Waals surface area contributed by atoms with Gasteiger partial charge in [0.2, 0.25) is 5.91 Å². The van der Waals surface area contributed by atoms with E-state index in [4.69, 9.17) is 0 Å². The Morgan fingerprint density at radius 1 is 1.20 bits per heavy atom. The summed E-state index contributed by atoms with van der Waals surface area (Å²) in [6, 6.07) is 9.33. The highest BCUT2D eigenvalue weighted by Gasteiger charge is 2.25. The summed E-state index contributed by atoms with van der Waals surface area (Å²) in [5, 5.41) is 13.0. The van der Waals surface area contributed by atoms with Crippen LogP contribution in [0.3, 0.4) is 0 Å². The first-order chi connectivity index (χ1) is 14.3. The fraction of sp³-hybridized carbons (Fsp3) is 0.625. The summed E-state index contributed by atoms with van der Waals surface area (Å²) in [5.41, 5.74) is 2.53. The van der Waals surface area contributed by atoms with Gasteiger partial charge in [-0.2, -0.15) is 0 Å². The Bertz CT molecular complexity index is 832. The van der Waals surface area contributed by atoms with E-state index in [0.29, 0.717) is 11.8 Å². The van der Waals surface area contributed by atoms with Crippen molar-refractivity contribution in [1.29, 1.82) is 0 Å². The Balaban J connectivity index is 1.80. The van der Waals surface area contributed by atoms with Crippen LogP contribution in [0.2, 0.25) is 0 Å². The Kier molecular flexibility index (Phi) is 7.61. The molecule has 3 rings (SSSR count). The molecule has 0 unspecified atom stereocenters. The zero-order valence-electron chi connectivity index (χ0n) is 19.1. The largest absolute Gasteiger partial charge is 0.353 e. The molecule has 0 saturated heterocycles. The van der Waals surface area contributed by atoms with Crippen LogP contribution in [0.5, 0.6) is 0 Å². The van der Waals surface area contributed by atoms with Crippen LogP contribution in [0, 0.1) is 0 Å². The number of carbonyl (C=O) groups is 1. The van der Waals surface area contributed by atoms with E-state index < -0.39 is 0 Å². The van der Waals surface area contributed by atoms with E-state index >= 15 is 0 Å². The first kappa shape index (κ1) is 22.9. The van der Waals surface area contributed by atoms with Gasteiger partial charge in [-0.25, -0.2) is 0 Å². The van der Waals surface area contributed by atoms with E-state index in [9.17, 15) is 4.79 Å². The molecule has 6 heteroatoms. The minimum Gasteiger partial charge on any atom is -0.353 e. The lowest BCUT2D eigenvalue weighted by Gasteiger charge is -2.20. The Morgan fingerprint density at radius 2 is 1.87 bits per heavy atom. The molecule has 1 aliphatic carbocycles. The monoisotopic (exact) mass is 428 g/mol. The van der Waals surface area contributed by atoms with Crippen LogP contribution in [0.1, 0.15) is 84.7 Å². The van der Waals surface area contributed by atoms with Crippen molar-refractivity contribution >= 4 is 17.7 Å². The summed E-state index contributed by atoms with van der Waals surface area (Å²) in [4.78, 5) is 12.4. The Morgan fingerprint density at radius 3 is 2.47 bits per heavy atom. The lowest BCUT2D eigenvalue weighted by molar-refractivity contribution is -0.119. The molecule has 1 amide bonds. The van der Waals surface area contributed by atoms with Crippen molar-refractivity contribution in [3.05, 3.63) is 29.8 Å². The van der Waals surface area contributed by atoms with Crippen molar-refractivity contribution in [1.82, 2.24) is 20.1 Å². The molecule has 5 nitrogen and oxygen atoms in total. The van der Waals surface area contributed by atoms with Gasteiger partial charge < -0.3 is 5.32 Å². The Labute approximate surface area is 185 Å². The molecule has 1 saturated carbocycles. The lowest BCUT2D eigenvalue weighted by Crippen LogP contribution is -2.33. The average molecular weight is 429 g/mol. The minimum absolute atomic E-state index is 0.0676. The normalized spacial score (nSPS) is 16.0. The van der Waals surface area contributed by atoms with Gasteiger partial charge in [-0.15, -0.1) is 10.2 Å². The maximum Gasteiger partial charge on any atom is 0.230 e. The Hall–Kier alpha value is -1.82. The standard InChI is InChI=1S/C24H36N4OS/c1-6-9-17(2)25-21(29)16-30-23-27-26-22(28(23)20-10-7-8-11-20)18-12-14-19(15-13-18)24(3,4)5/h12-15,17,20H,6-11,16H2,1-5H3,(H,25,29)/t17-/m0/s1. The molecule has 1 heterocycles. The van der Waals surface area contributed by atoms with E-state index in [-0.39, 0.29) is 17.4 Å². The maximum absolute atomic E-state index is 12.4. The maximum atomic E-state index is 12.4. The zero-order chi connectivity index (χ0) is 21.7. The summed E-state index contributed by atoms with van der Waals surface area (Å²) >= 11 is 1.50. The van der Waals surface area contributed by atoms with Crippen LogP contribution >= 0.6 is 11.8 Å². The van der Waals surface area contributed by atoms with Crippen LogP contribution in [0.15, 0.2) is 29.4 Å². The van der Waals surface area contributed by atoms with Crippen molar-refractivity contribution < 1.29 is 4.79 Å². The molecule has 0 aliphatic heterocycles. The summed E-state index contributed by atoms with van der Waals surface area (Å²) in [6.45, 7) is 10.9. The highest BCUT2D eigenvalue weighted by atomic mass is 32.2. The van der Waals surface area contributed by atoms with Gasteiger partial charge in [-0.3, -0.25) is 9.36 Å². The SMILES string of the molecule is CCC[C@H](C)NC(=O)CSc1nnc(-c2ccc(C(C)(C)C)cc2)n1C1CCCC1. The van der Waals surface area contributed by atoms with Crippen molar-refractivity contribution in [3.8, 4) is 11.4 Å². The van der Waals surface area contributed by atoms with Gasteiger partial charge in [0.15, 0.2) is 11.0 Å². The second-order valence-electron chi connectivity index (χ2n) is 9.49. The van der Waals surface area contributed by atoms with Crippen LogP contribution in [-0.2, 0) is 10.2 Å². The number of rotatable bonds is 8. The number of nitrogens with zero attached hydrogens (tertiary/aromatic N) is 3. The molecule has 1 N–H and O–H groups in total. The first-order valence-electron chi connectivity index (χ1n) is 11.3. The van der Waals surface area contributed by atoms with Crippen molar-refractivity contribution in [2.24, 2.45) is 0 Å². The first-order valence-corrected chi connectivity index (χ1v) is 12.3. The number of benzene rings is 1. The van der Waals surface area contributed by atoms with E-state index in [1.165, 1.54) is 30.2 Å². The zero-order valence-corrected chi connectivity index (χ0v) is 19.9. The second-order valence-corrected chi connectivity index (χ2v) is 10.4. The summed E-state index contributed by atoms with van der Waals surface area (Å²) < 4.78 is 2.28. The molecular formula is C24H36N4OS. The highest BCUT2D eigenvalue weighted by molar-refractivity contribution is 7.99. The molecule has 0 bridgehead atoms. The van der Waals surface area contributed by atoms with Crippen molar-refractivity contribution in [2.75, 3.05) is 5.75 Å². The van der Waals surface area contributed by atoms with Crippen LogP contribution in [0.25, 0.3) is 11.4 Å². The molecule has 164 valence electrons. The number of hydrogen-bond acceptors (Lipinski definition) is 4. The van der Waals surface area contributed by atoms with Gasteiger partial charge >= 0.3 is 0 Å². The topological polar surface area (TPSA) is 59.8 Å². The molecule has 0 spiro atoms. The third-order valence-electron chi connectivity index (χ3n) is 5.82. The molecule has 1 atom stereocenters. The number of nitrogens with one attached hydrogen (secondary N) is 1. The summed E-state index contributed by atoms with van der Waals surface area (Å²) in [6.07, 6.45) is 6.86. The number of carbonyl (C=O) groups excluding carboxylic acids is 1. The number of thioether (sulfide) groups is 1. The second kappa shape index (κ2) is 9.99. The molecule has 0 radical (unpaired) electrons. The molecule has 1 aliphatic rings. The average Bonchev–Trinajstić information content (AvgIpc) is 3.35. The molecular weight excluding hydrogens is 392 g/mol.